The third-order valence-corrected chi connectivity index (χ3v) is 21.1. The summed E-state index contributed by atoms with van der Waals surface area (Å²) in [6.07, 6.45) is 63.8. The molecule has 0 amide bonds. The molecule has 0 heterocycles. The number of ether oxygens (including phenoxy) is 4. The molecule has 0 radical (unpaired) electrons. The van der Waals surface area contributed by atoms with E-state index in [1.807, 2.05) is 0 Å². The van der Waals surface area contributed by atoms with Crippen LogP contribution in [0, 0.1) is 11.8 Å². The second-order valence-electron chi connectivity index (χ2n) is 30.5. The molecule has 2 unspecified atom stereocenters. The molecule has 17 nitrogen and oxygen atoms in total. The molecule has 0 spiro atoms. The van der Waals surface area contributed by atoms with Crippen LogP contribution < -0.4 is 0 Å². The summed E-state index contributed by atoms with van der Waals surface area (Å²) in [7, 11) is -9.92. The molecule has 0 fully saturated rings. The quantitative estimate of drug-likeness (QED) is 0.0222. The summed E-state index contributed by atoms with van der Waals surface area (Å²) in [4.78, 5) is 73.0. The van der Waals surface area contributed by atoms with E-state index in [4.69, 9.17) is 37.0 Å². The molecule has 0 aliphatic carbocycles. The maximum absolute atomic E-state index is 13.1. The van der Waals surface area contributed by atoms with E-state index in [-0.39, 0.29) is 25.7 Å². The molecule has 0 rings (SSSR count). The molecule has 600 valence electrons. The summed E-state index contributed by atoms with van der Waals surface area (Å²) in [5.41, 5.74) is 0. The molecular weight excluding hydrogens is 1320 g/mol. The second-order valence-corrected chi connectivity index (χ2v) is 33.4. The van der Waals surface area contributed by atoms with E-state index in [0.717, 1.165) is 102 Å². The summed E-state index contributed by atoms with van der Waals surface area (Å²) in [5, 5.41) is 10.6. The monoisotopic (exact) mass is 1480 g/mol. The van der Waals surface area contributed by atoms with Crippen molar-refractivity contribution in [1.29, 1.82) is 0 Å². The molecular formula is C82H160O17P2. The van der Waals surface area contributed by atoms with Gasteiger partial charge in [-0.3, -0.25) is 37.3 Å². The number of aliphatic hydroxyl groups excluding tert-OH is 1. The number of esters is 4. The van der Waals surface area contributed by atoms with Crippen LogP contribution in [0.15, 0.2) is 0 Å². The van der Waals surface area contributed by atoms with E-state index in [2.05, 4.69) is 41.5 Å². The lowest BCUT2D eigenvalue weighted by atomic mass is 10.0. The van der Waals surface area contributed by atoms with Crippen molar-refractivity contribution in [3.05, 3.63) is 0 Å². The van der Waals surface area contributed by atoms with E-state index in [1.54, 1.807) is 0 Å². The van der Waals surface area contributed by atoms with Crippen molar-refractivity contribution in [3.8, 4) is 0 Å². The number of carbonyl (C=O) groups excluding carboxylic acids is 4. The number of phosphoric ester groups is 2. The first-order chi connectivity index (χ1) is 48.9. The Labute approximate surface area is 619 Å². The number of phosphoric acid groups is 2. The number of aliphatic hydroxyl groups is 1. The van der Waals surface area contributed by atoms with Gasteiger partial charge in [0.2, 0.25) is 0 Å². The Balaban J connectivity index is 5.21. The van der Waals surface area contributed by atoms with E-state index in [1.165, 1.54) is 250 Å². The van der Waals surface area contributed by atoms with Crippen molar-refractivity contribution in [2.45, 2.75) is 452 Å². The standard InChI is InChI=1S/C82H160O17P2/c1-7-9-11-13-15-17-18-19-20-26-29-35-41-47-53-59-65-80(85)93-71-78(99-81(86)66-60-54-48-42-36-30-27-24-22-21-23-25-28-33-39-44-50-56-62-74(3)4)73-97-101(90,91)95-69-76(83)68-94-100(88,89)96-72-77(70-92-79(84)64-58-52-46-38-16-14-12-10-8-2)98-82(87)67-61-55-49-43-37-32-31-34-40-45-51-57-63-75(5)6/h74-78,83H,7-73H2,1-6H3,(H,88,89)(H,90,91)/t76-,77+,78+/m0/s1. The molecule has 101 heavy (non-hydrogen) atoms. The maximum atomic E-state index is 13.1. The highest BCUT2D eigenvalue weighted by atomic mass is 31.2. The molecule has 0 aromatic heterocycles. The van der Waals surface area contributed by atoms with Crippen LogP contribution in [-0.2, 0) is 65.4 Å². The number of rotatable bonds is 81. The molecule has 0 saturated heterocycles. The summed E-state index contributed by atoms with van der Waals surface area (Å²) >= 11 is 0. The van der Waals surface area contributed by atoms with Crippen molar-refractivity contribution >= 4 is 39.5 Å². The maximum Gasteiger partial charge on any atom is 0.472 e. The normalized spacial score (nSPS) is 13.9. The SMILES string of the molecule is CCCCCCCCCCCCCCCCCCC(=O)OC[C@H](COP(=O)(O)OC[C@@H](O)COP(=O)(O)OC[C@@H](COC(=O)CCCCCCCCCCC)OC(=O)CCCCCCCCCCCCCCC(C)C)OC(=O)CCCCCCCCCCCCCCCCCCCCC(C)C. The topological polar surface area (TPSA) is 237 Å². The fraction of sp³-hybridized carbons (Fsp3) is 0.951. The van der Waals surface area contributed by atoms with Crippen LogP contribution in [0.4, 0.5) is 0 Å². The van der Waals surface area contributed by atoms with Crippen molar-refractivity contribution in [2.75, 3.05) is 39.6 Å². The summed E-state index contributed by atoms with van der Waals surface area (Å²) in [6.45, 7) is 9.67. The van der Waals surface area contributed by atoms with Crippen LogP contribution in [0.25, 0.3) is 0 Å². The average Bonchev–Trinajstić information content (AvgIpc) is 0.937. The molecule has 0 aliphatic rings. The van der Waals surface area contributed by atoms with Crippen molar-refractivity contribution in [3.63, 3.8) is 0 Å². The molecule has 19 heteroatoms. The Hall–Kier alpha value is -1.94. The third-order valence-electron chi connectivity index (χ3n) is 19.2. The molecule has 0 aromatic rings. The zero-order chi connectivity index (χ0) is 74.2. The van der Waals surface area contributed by atoms with Gasteiger partial charge in [-0.25, -0.2) is 9.13 Å². The van der Waals surface area contributed by atoms with Gasteiger partial charge in [0.25, 0.3) is 0 Å². The Bertz CT molecular complexity index is 1940. The molecule has 0 saturated carbocycles. The summed E-state index contributed by atoms with van der Waals surface area (Å²) in [6, 6.07) is 0. The number of hydrogen-bond donors (Lipinski definition) is 3. The minimum Gasteiger partial charge on any atom is -0.462 e. The lowest BCUT2D eigenvalue weighted by Crippen LogP contribution is -2.30. The van der Waals surface area contributed by atoms with Crippen LogP contribution in [0.2, 0.25) is 0 Å². The predicted molar refractivity (Wildman–Crippen MR) is 414 cm³/mol. The van der Waals surface area contributed by atoms with Gasteiger partial charge in [-0.15, -0.1) is 0 Å². The Morgan fingerprint density at radius 2 is 0.455 bits per heavy atom. The van der Waals surface area contributed by atoms with Gasteiger partial charge in [0.05, 0.1) is 26.4 Å². The summed E-state index contributed by atoms with van der Waals surface area (Å²) in [5.74, 6) is -0.510. The molecule has 0 aliphatic heterocycles. The van der Waals surface area contributed by atoms with E-state index >= 15 is 0 Å². The minimum atomic E-state index is -4.96. The third kappa shape index (κ3) is 76.1. The van der Waals surface area contributed by atoms with Gasteiger partial charge < -0.3 is 33.8 Å². The Morgan fingerprint density at radius 1 is 0.267 bits per heavy atom. The number of carbonyl (C=O) groups is 4. The Kier molecular flexibility index (Phi) is 72.2. The van der Waals surface area contributed by atoms with Gasteiger partial charge >= 0.3 is 39.5 Å². The van der Waals surface area contributed by atoms with Crippen LogP contribution >= 0.6 is 15.6 Å². The zero-order valence-electron chi connectivity index (χ0n) is 66.2. The number of hydrogen-bond acceptors (Lipinski definition) is 15. The largest absolute Gasteiger partial charge is 0.472 e. The number of unbranched alkanes of at least 4 members (excludes halogenated alkanes) is 51. The average molecular weight is 1480 g/mol. The van der Waals surface area contributed by atoms with Gasteiger partial charge in [0.15, 0.2) is 12.2 Å². The highest BCUT2D eigenvalue weighted by Crippen LogP contribution is 2.45. The van der Waals surface area contributed by atoms with Crippen molar-refractivity contribution < 1.29 is 80.2 Å². The van der Waals surface area contributed by atoms with E-state index in [9.17, 15) is 43.2 Å². The van der Waals surface area contributed by atoms with Crippen molar-refractivity contribution in [2.24, 2.45) is 11.8 Å². The lowest BCUT2D eigenvalue weighted by Gasteiger charge is -2.21. The molecule has 5 atom stereocenters. The summed E-state index contributed by atoms with van der Waals surface area (Å²) < 4.78 is 68.7. The lowest BCUT2D eigenvalue weighted by molar-refractivity contribution is -0.161. The van der Waals surface area contributed by atoms with E-state index in [0.29, 0.717) is 25.7 Å². The highest BCUT2D eigenvalue weighted by Gasteiger charge is 2.30. The first kappa shape index (κ1) is 99.1. The fourth-order valence-electron chi connectivity index (χ4n) is 12.7. The van der Waals surface area contributed by atoms with Gasteiger partial charge in [-0.05, 0) is 37.5 Å². The van der Waals surface area contributed by atoms with Gasteiger partial charge in [-0.2, -0.15) is 0 Å². The smallest absolute Gasteiger partial charge is 0.462 e. The minimum absolute atomic E-state index is 0.107. The van der Waals surface area contributed by atoms with Crippen LogP contribution in [0.1, 0.15) is 433 Å². The van der Waals surface area contributed by atoms with Crippen molar-refractivity contribution in [1.82, 2.24) is 0 Å². The zero-order valence-corrected chi connectivity index (χ0v) is 68.0. The van der Waals surface area contributed by atoms with Crippen LogP contribution in [0.3, 0.4) is 0 Å². The molecule has 0 aromatic carbocycles. The van der Waals surface area contributed by atoms with Gasteiger partial charge in [0.1, 0.15) is 19.3 Å². The molecule has 0 bridgehead atoms. The first-order valence-electron chi connectivity index (χ1n) is 42.5. The highest BCUT2D eigenvalue weighted by molar-refractivity contribution is 7.47. The second kappa shape index (κ2) is 73.6. The van der Waals surface area contributed by atoms with Gasteiger partial charge in [-0.1, -0.05) is 382 Å². The fourth-order valence-corrected chi connectivity index (χ4v) is 14.3. The van der Waals surface area contributed by atoms with E-state index < -0.39 is 97.5 Å². The van der Waals surface area contributed by atoms with Crippen LogP contribution in [-0.4, -0.2) is 96.7 Å². The molecule has 3 N–H and O–H groups in total. The van der Waals surface area contributed by atoms with Gasteiger partial charge in [0, 0.05) is 25.7 Å². The Morgan fingerprint density at radius 3 is 0.673 bits per heavy atom. The first-order valence-corrected chi connectivity index (χ1v) is 45.5. The predicted octanol–water partition coefficient (Wildman–Crippen LogP) is 24.7. The van der Waals surface area contributed by atoms with Crippen LogP contribution in [0.5, 0.6) is 0 Å².